The molecule has 1 aromatic rings. The van der Waals surface area contributed by atoms with Gasteiger partial charge >= 0.3 is 5.97 Å². The third kappa shape index (κ3) is 1.62. The molecule has 12 heavy (non-hydrogen) atoms. The number of hydrogen-bond acceptors (Lipinski definition) is 4. The molecule has 66 valence electrons. The third-order valence-electron chi connectivity index (χ3n) is 1.63. The summed E-state index contributed by atoms with van der Waals surface area (Å²) < 4.78 is 0. The number of nitrogens with two attached hydrogens (primary N) is 1. The van der Waals surface area contributed by atoms with Crippen molar-refractivity contribution < 1.29 is 9.90 Å². The Morgan fingerprint density at radius 1 is 1.92 bits per heavy atom. The lowest BCUT2D eigenvalue weighted by atomic mass is 10.1. The number of carboxylic acids is 1. The Labute approximate surface area is 74.0 Å². The highest BCUT2D eigenvalue weighted by molar-refractivity contribution is 7.10. The minimum Gasteiger partial charge on any atom is -0.481 e. The van der Waals surface area contributed by atoms with Crippen molar-refractivity contribution in [2.75, 3.05) is 6.54 Å². The molecular formula is C7H10N2O2S. The average molecular weight is 186 g/mol. The van der Waals surface area contributed by atoms with E-state index in [4.69, 9.17) is 10.8 Å². The second-order valence-electron chi connectivity index (χ2n) is 2.43. The third-order valence-corrected chi connectivity index (χ3v) is 2.68. The smallest absolute Gasteiger partial charge is 0.313 e. The molecule has 0 radical (unpaired) electrons. The van der Waals surface area contributed by atoms with Crippen LogP contribution in [0.1, 0.15) is 16.5 Å². The molecule has 0 aliphatic carbocycles. The highest BCUT2D eigenvalue weighted by Crippen LogP contribution is 2.22. The zero-order valence-electron chi connectivity index (χ0n) is 6.65. The summed E-state index contributed by atoms with van der Waals surface area (Å²) in [6.07, 6.45) is 0. The highest BCUT2D eigenvalue weighted by Gasteiger charge is 2.21. The van der Waals surface area contributed by atoms with Crippen molar-refractivity contribution >= 4 is 17.3 Å². The van der Waals surface area contributed by atoms with E-state index in [-0.39, 0.29) is 6.54 Å². The monoisotopic (exact) mass is 186 g/mol. The Bertz CT molecular complexity index is 285. The molecule has 0 aromatic carbocycles. The number of aliphatic carboxylic acids is 1. The topological polar surface area (TPSA) is 76.2 Å². The van der Waals surface area contributed by atoms with E-state index in [1.165, 1.54) is 11.3 Å². The summed E-state index contributed by atoms with van der Waals surface area (Å²) in [5.74, 6) is -1.48. The Morgan fingerprint density at radius 2 is 2.58 bits per heavy atom. The number of nitrogens with zero attached hydrogens (tertiary/aromatic N) is 1. The summed E-state index contributed by atoms with van der Waals surface area (Å²) in [5.41, 5.74) is 7.73. The minimum absolute atomic E-state index is 0.123. The van der Waals surface area contributed by atoms with Crippen molar-refractivity contribution in [3.8, 4) is 0 Å². The fraction of sp³-hybridized carbons (Fsp3) is 0.429. The Kier molecular flexibility index (Phi) is 2.78. The van der Waals surface area contributed by atoms with E-state index >= 15 is 0 Å². The number of aromatic nitrogens is 1. The maximum absolute atomic E-state index is 10.7. The largest absolute Gasteiger partial charge is 0.481 e. The predicted molar refractivity (Wildman–Crippen MR) is 46.3 cm³/mol. The van der Waals surface area contributed by atoms with Crippen LogP contribution in [0.3, 0.4) is 0 Å². The molecule has 0 fully saturated rings. The van der Waals surface area contributed by atoms with E-state index in [2.05, 4.69) is 4.98 Å². The van der Waals surface area contributed by atoms with Gasteiger partial charge in [0.1, 0.15) is 5.92 Å². The number of hydrogen-bond donors (Lipinski definition) is 2. The lowest BCUT2D eigenvalue weighted by molar-refractivity contribution is -0.138. The SMILES string of the molecule is Cc1ncsc1C(CN)C(=O)O. The van der Waals surface area contributed by atoms with Crippen LogP contribution >= 0.6 is 11.3 Å². The Balaban J connectivity index is 2.94. The molecule has 4 nitrogen and oxygen atoms in total. The zero-order valence-corrected chi connectivity index (χ0v) is 7.47. The van der Waals surface area contributed by atoms with Crippen LogP contribution in [0.15, 0.2) is 5.51 Å². The van der Waals surface area contributed by atoms with Crippen molar-refractivity contribution in [2.24, 2.45) is 5.73 Å². The molecule has 1 unspecified atom stereocenters. The molecule has 1 atom stereocenters. The number of aryl methyl sites for hydroxylation is 1. The summed E-state index contributed by atoms with van der Waals surface area (Å²) in [4.78, 5) is 15.4. The van der Waals surface area contributed by atoms with E-state index in [1.807, 2.05) is 0 Å². The van der Waals surface area contributed by atoms with Crippen LogP contribution in [0.25, 0.3) is 0 Å². The van der Waals surface area contributed by atoms with Crippen LogP contribution in [-0.2, 0) is 4.79 Å². The van der Waals surface area contributed by atoms with Crippen LogP contribution < -0.4 is 5.73 Å². The molecule has 3 N–H and O–H groups in total. The molecule has 0 amide bonds. The normalized spacial score (nSPS) is 12.8. The molecule has 1 aromatic heterocycles. The lowest BCUT2D eigenvalue weighted by Gasteiger charge is -2.06. The molecule has 0 saturated carbocycles. The molecule has 5 heteroatoms. The lowest BCUT2D eigenvalue weighted by Crippen LogP contribution is -2.20. The zero-order chi connectivity index (χ0) is 9.14. The van der Waals surface area contributed by atoms with E-state index < -0.39 is 11.9 Å². The first-order valence-corrected chi connectivity index (χ1v) is 4.37. The van der Waals surface area contributed by atoms with Gasteiger partial charge in [-0.05, 0) is 6.92 Å². The van der Waals surface area contributed by atoms with Crippen LogP contribution in [-0.4, -0.2) is 22.6 Å². The first kappa shape index (κ1) is 9.15. The predicted octanol–water partition coefficient (Wildman–Crippen LogP) is 0.578. The molecule has 1 heterocycles. The number of rotatable bonds is 3. The maximum atomic E-state index is 10.7. The van der Waals surface area contributed by atoms with Gasteiger partial charge in [0.05, 0.1) is 11.2 Å². The van der Waals surface area contributed by atoms with Crippen LogP contribution in [0.5, 0.6) is 0 Å². The Morgan fingerprint density at radius 3 is 2.92 bits per heavy atom. The van der Waals surface area contributed by atoms with Gasteiger partial charge in [-0.25, -0.2) is 4.98 Å². The van der Waals surface area contributed by atoms with E-state index in [1.54, 1.807) is 12.4 Å². The fourth-order valence-electron chi connectivity index (χ4n) is 0.965. The first-order valence-electron chi connectivity index (χ1n) is 3.49. The summed E-state index contributed by atoms with van der Waals surface area (Å²) in [6.45, 7) is 1.91. The van der Waals surface area contributed by atoms with Crippen LogP contribution in [0.2, 0.25) is 0 Å². The van der Waals surface area contributed by atoms with Crippen molar-refractivity contribution in [3.05, 3.63) is 16.1 Å². The van der Waals surface area contributed by atoms with E-state index in [9.17, 15) is 4.79 Å². The minimum atomic E-state index is -0.884. The van der Waals surface area contributed by atoms with Crippen molar-refractivity contribution in [2.45, 2.75) is 12.8 Å². The van der Waals surface area contributed by atoms with E-state index in [0.29, 0.717) is 0 Å². The molecule has 0 saturated heterocycles. The first-order chi connectivity index (χ1) is 5.66. The summed E-state index contributed by atoms with van der Waals surface area (Å²) in [5, 5.41) is 8.77. The molecular weight excluding hydrogens is 176 g/mol. The molecule has 0 aliphatic heterocycles. The van der Waals surface area contributed by atoms with Crippen molar-refractivity contribution in [3.63, 3.8) is 0 Å². The molecule has 0 bridgehead atoms. The van der Waals surface area contributed by atoms with Crippen LogP contribution in [0.4, 0.5) is 0 Å². The second-order valence-corrected chi connectivity index (χ2v) is 3.31. The summed E-state index contributed by atoms with van der Waals surface area (Å²) in [7, 11) is 0. The molecule has 0 spiro atoms. The van der Waals surface area contributed by atoms with Gasteiger partial charge in [0.2, 0.25) is 0 Å². The maximum Gasteiger partial charge on any atom is 0.313 e. The standard InChI is InChI=1S/C7H10N2O2S/c1-4-6(12-3-9-4)5(2-8)7(10)11/h3,5H,2,8H2,1H3,(H,10,11). The number of thiazole rings is 1. The van der Waals surface area contributed by atoms with Gasteiger partial charge in [-0.3, -0.25) is 4.79 Å². The summed E-state index contributed by atoms with van der Waals surface area (Å²) in [6, 6.07) is 0. The molecule has 1 rings (SSSR count). The van der Waals surface area contributed by atoms with Gasteiger partial charge in [0.15, 0.2) is 0 Å². The van der Waals surface area contributed by atoms with Gasteiger partial charge in [-0.2, -0.15) is 0 Å². The highest BCUT2D eigenvalue weighted by atomic mass is 32.1. The summed E-state index contributed by atoms with van der Waals surface area (Å²) >= 11 is 1.34. The van der Waals surface area contributed by atoms with Crippen molar-refractivity contribution in [1.82, 2.24) is 4.98 Å². The van der Waals surface area contributed by atoms with Crippen LogP contribution in [0, 0.1) is 6.92 Å². The van der Waals surface area contributed by atoms with Gasteiger partial charge in [0, 0.05) is 11.4 Å². The van der Waals surface area contributed by atoms with Crippen molar-refractivity contribution in [1.29, 1.82) is 0 Å². The van der Waals surface area contributed by atoms with Gasteiger partial charge in [-0.1, -0.05) is 0 Å². The average Bonchev–Trinajstić information content (AvgIpc) is 2.38. The van der Waals surface area contributed by atoms with Gasteiger partial charge < -0.3 is 10.8 Å². The quantitative estimate of drug-likeness (QED) is 0.724. The molecule has 0 aliphatic rings. The number of carbonyl (C=O) groups is 1. The van der Waals surface area contributed by atoms with Gasteiger partial charge in [0.25, 0.3) is 0 Å². The second kappa shape index (κ2) is 3.64. The van der Waals surface area contributed by atoms with Gasteiger partial charge in [-0.15, -0.1) is 11.3 Å². The fourth-order valence-corrected chi connectivity index (χ4v) is 1.87. The Hall–Kier alpha value is -0.940. The number of carboxylic acid groups (broad SMARTS) is 1. The van der Waals surface area contributed by atoms with E-state index in [0.717, 1.165) is 10.6 Å².